The zero-order chi connectivity index (χ0) is 20.3. The number of anilines is 2. The van der Waals surface area contributed by atoms with E-state index in [0.717, 1.165) is 5.56 Å². The summed E-state index contributed by atoms with van der Waals surface area (Å²) in [6.07, 6.45) is 0. The van der Waals surface area contributed by atoms with Gasteiger partial charge in [-0.05, 0) is 55.8 Å². The maximum Gasteiger partial charge on any atom is 0.262 e. The maximum atomic E-state index is 13.8. The monoisotopic (exact) mass is 398 g/mol. The molecule has 0 saturated carbocycles. The molecule has 1 amide bonds. The second-order valence-electron chi connectivity index (χ2n) is 6.39. The fourth-order valence-electron chi connectivity index (χ4n) is 2.70. The van der Waals surface area contributed by atoms with Crippen LogP contribution in [0.1, 0.15) is 21.5 Å². The first kappa shape index (κ1) is 19.6. The van der Waals surface area contributed by atoms with E-state index in [1.54, 1.807) is 37.3 Å². The van der Waals surface area contributed by atoms with Gasteiger partial charge in [0.15, 0.2) is 0 Å². The van der Waals surface area contributed by atoms with Gasteiger partial charge in [-0.25, -0.2) is 12.8 Å². The minimum Gasteiger partial charge on any atom is -0.322 e. The Balaban J connectivity index is 1.89. The van der Waals surface area contributed by atoms with Crippen LogP contribution in [0.15, 0.2) is 71.6 Å². The molecule has 0 bridgehead atoms. The minimum atomic E-state index is -4.04. The van der Waals surface area contributed by atoms with Gasteiger partial charge in [0, 0.05) is 11.3 Å². The number of benzene rings is 3. The molecule has 0 aliphatic carbocycles. The van der Waals surface area contributed by atoms with Gasteiger partial charge in [-0.15, -0.1) is 0 Å². The second kappa shape index (κ2) is 7.82. The topological polar surface area (TPSA) is 75.3 Å². The van der Waals surface area contributed by atoms with Crippen molar-refractivity contribution in [1.29, 1.82) is 0 Å². The lowest BCUT2D eigenvalue weighted by Crippen LogP contribution is -2.17. The highest BCUT2D eigenvalue weighted by atomic mass is 32.2. The fourth-order valence-corrected chi connectivity index (χ4v) is 4.04. The maximum absolute atomic E-state index is 13.8. The zero-order valence-electron chi connectivity index (χ0n) is 15.4. The van der Waals surface area contributed by atoms with Crippen LogP contribution in [0.4, 0.5) is 15.8 Å². The van der Waals surface area contributed by atoms with Gasteiger partial charge in [0.05, 0.1) is 10.6 Å². The lowest BCUT2D eigenvalue weighted by molar-refractivity contribution is 0.102. The van der Waals surface area contributed by atoms with Crippen molar-refractivity contribution in [1.82, 2.24) is 0 Å². The third-order valence-electron chi connectivity index (χ3n) is 4.13. The summed E-state index contributed by atoms with van der Waals surface area (Å²) in [5, 5.41) is 2.70. The van der Waals surface area contributed by atoms with Crippen molar-refractivity contribution in [3.8, 4) is 0 Å². The Labute approximate surface area is 163 Å². The number of carbonyl (C=O) groups is 1. The quantitative estimate of drug-likeness (QED) is 0.665. The summed E-state index contributed by atoms with van der Waals surface area (Å²) in [7, 11) is -4.04. The van der Waals surface area contributed by atoms with Crippen molar-refractivity contribution < 1.29 is 17.6 Å². The fraction of sp³-hybridized carbons (Fsp3) is 0.0952. The first-order chi connectivity index (χ1) is 13.3. The Morgan fingerprint density at radius 3 is 2.39 bits per heavy atom. The molecule has 3 aromatic carbocycles. The van der Waals surface area contributed by atoms with Gasteiger partial charge in [-0.3, -0.25) is 9.52 Å². The molecule has 0 saturated heterocycles. The zero-order valence-corrected chi connectivity index (χ0v) is 16.2. The van der Waals surface area contributed by atoms with E-state index >= 15 is 0 Å². The van der Waals surface area contributed by atoms with Crippen LogP contribution in [-0.4, -0.2) is 14.3 Å². The average Bonchev–Trinajstić information content (AvgIpc) is 2.65. The number of para-hydroxylation sites is 1. The number of sulfonamides is 1. The summed E-state index contributed by atoms with van der Waals surface area (Å²) in [5.41, 5.74) is 2.06. The second-order valence-corrected chi connectivity index (χ2v) is 8.04. The van der Waals surface area contributed by atoms with Gasteiger partial charge in [-0.2, -0.15) is 0 Å². The normalized spacial score (nSPS) is 11.1. The molecular weight excluding hydrogens is 379 g/mol. The average molecular weight is 398 g/mol. The third kappa shape index (κ3) is 4.37. The standard InChI is InChI=1S/C21H19FN2O3S/c1-14-6-5-7-16(12-14)21(25)23-17-11-10-15(2)20(13-17)28(26,27)24-19-9-4-3-8-18(19)22/h3-13,24H,1-2H3,(H,23,25). The van der Waals surface area contributed by atoms with Crippen LogP contribution >= 0.6 is 0 Å². The Kier molecular flexibility index (Phi) is 5.46. The molecule has 5 nitrogen and oxygen atoms in total. The van der Waals surface area contributed by atoms with E-state index in [2.05, 4.69) is 10.0 Å². The lowest BCUT2D eigenvalue weighted by Gasteiger charge is -2.13. The molecule has 3 rings (SSSR count). The summed E-state index contributed by atoms with van der Waals surface area (Å²) in [6, 6.07) is 17.1. The molecule has 0 radical (unpaired) electrons. The summed E-state index contributed by atoms with van der Waals surface area (Å²) < 4.78 is 41.5. The molecule has 144 valence electrons. The Hall–Kier alpha value is -3.19. The summed E-state index contributed by atoms with van der Waals surface area (Å²) in [4.78, 5) is 12.4. The highest BCUT2D eigenvalue weighted by Gasteiger charge is 2.19. The van der Waals surface area contributed by atoms with Crippen molar-refractivity contribution in [2.45, 2.75) is 18.7 Å². The summed E-state index contributed by atoms with van der Waals surface area (Å²) >= 11 is 0. The number of aryl methyl sites for hydroxylation is 2. The van der Waals surface area contributed by atoms with E-state index in [-0.39, 0.29) is 16.5 Å². The molecule has 0 aromatic heterocycles. The van der Waals surface area contributed by atoms with E-state index in [1.807, 2.05) is 13.0 Å². The van der Waals surface area contributed by atoms with Crippen molar-refractivity contribution in [2.24, 2.45) is 0 Å². The van der Waals surface area contributed by atoms with E-state index in [4.69, 9.17) is 0 Å². The van der Waals surface area contributed by atoms with Crippen LogP contribution in [-0.2, 0) is 10.0 Å². The molecule has 0 spiro atoms. The first-order valence-electron chi connectivity index (χ1n) is 8.52. The number of carbonyl (C=O) groups excluding carboxylic acids is 1. The number of hydrogen-bond acceptors (Lipinski definition) is 3. The Morgan fingerprint density at radius 1 is 0.929 bits per heavy atom. The van der Waals surface area contributed by atoms with Crippen molar-refractivity contribution in [2.75, 3.05) is 10.0 Å². The van der Waals surface area contributed by atoms with E-state index < -0.39 is 15.8 Å². The van der Waals surface area contributed by atoms with Gasteiger partial charge in [0.1, 0.15) is 5.82 Å². The van der Waals surface area contributed by atoms with Crippen LogP contribution in [0.25, 0.3) is 0 Å². The smallest absolute Gasteiger partial charge is 0.262 e. The van der Waals surface area contributed by atoms with Gasteiger partial charge in [0.25, 0.3) is 15.9 Å². The molecule has 0 unspecified atom stereocenters. The lowest BCUT2D eigenvalue weighted by atomic mass is 10.1. The molecule has 2 N–H and O–H groups in total. The number of amides is 1. The SMILES string of the molecule is Cc1cccc(C(=O)Nc2ccc(C)c(S(=O)(=O)Nc3ccccc3F)c2)c1. The largest absolute Gasteiger partial charge is 0.322 e. The van der Waals surface area contributed by atoms with Crippen molar-refractivity contribution in [3.63, 3.8) is 0 Å². The molecular formula is C21H19FN2O3S. The Morgan fingerprint density at radius 2 is 1.68 bits per heavy atom. The predicted octanol–water partition coefficient (Wildman–Crippen LogP) is 4.50. The molecule has 0 aliphatic rings. The van der Waals surface area contributed by atoms with Crippen molar-refractivity contribution >= 4 is 27.3 Å². The molecule has 0 heterocycles. The van der Waals surface area contributed by atoms with Gasteiger partial charge in [0.2, 0.25) is 0 Å². The highest BCUT2D eigenvalue weighted by Crippen LogP contribution is 2.24. The summed E-state index contributed by atoms with van der Waals surface area (Å²) in [6.45, 7) is 3.50. The van der Waals surface area contributed by atoms with Gasteiger partial charge in [-0.1, -0.05) is 35.9 Å². The summed E-state index contributed by atoms with van der Waals surface area (Å²) in [5.74, 6) is -1.02. The molecule has 7 heteroatoms. The number of hydrogen-bond donors (Lipinski definition) is 2. The first-order valence-corrected chi connectivity index (χ1v) is 10.0. The molecule has 3 aromatic rings. The highest BCUT2D eigenvalue weighted by molar-refractivity contribution is 7.92. The van der Waals surface area contributed by atoms with Crippen LogP contribution in [0.5, 0.6) is 0 Å². The molecule has 0 atom stereocenters. The van der Waals surface area contributed by atoms with Gasteiger partial charge < -0.3 is 5.32 Å². The van der Waals surface area contributed by atoms with Crippen LogP contribution in [0.3, 0.4) is 0 Å². The van der Waals surface area contributed by atoms with Gasteiger partial charge >= 0.3 is 0 Å². The van der Waals surface area contributed by atoms with Crippen LogP contribution < -0.4 is 10.0 Å². The van der Waals surface area contributed by atoms with E-state index in [0.29, 0.717) is 16.8 Å². The minimum absolute atomic E-state index is 0.0437. The number of halogens is 1. The predicted molar refractivity (Wildman–Crippen MR) is 108 cm³/mol. The molecule has 28 heavy (non-hydrogen) atoms. The van der Waals surface area contributed by atoms with E-state index in [1.165, 1.54) is 30.3 Å². The van der Waals surface area contributed by atoms with Crippen molar-refractivity contribution in [3.05, 3.63) is 89.2 Å². The third-order valence-corrected chi connectivity index (χ3v) is 5.64. The molecule has 0 fully saturated rings. The molecule has 0 aliphatic heterocycles. The number of rotatable bonds is 5. The van der Waals surface area contributed by atoms with Crippen LogP contribution in [0.2, 0.25) is 0 Å². The number of nitrogens with one attached hydrogen (secondary N) is 2. The van der Waals surface area contributed by atoms with E-state index in [9.17, 15) is 17.6 Å². The Bertz CT molecular complexity index is 1140. The van der Waals surface area contributed by atoms with Crippen LogP contribution in [0, 0.1) is 19.7 Å².